The number of ether oxygens (including phenoxy) is 1. The summed E-state index contributed by atoms with van der Waals surface area (Å²) in [5.74, 6) is -2.13. The monoisotopic (exact) mass is 506 g/mol. The number of likely N-dealkylation sites (tertiary alicyclic amines) is 1. The van der Waals surface area contributed by atoms with Gasteiger partial charge in [-0.25, -0.2) is 0 Å². The molecule has 3 saturated heterocycles. The number of aliphatic hydroxyl groups is 1. The first-order valence-electron chi connectivity index (χ1n) is 11.8. The van der Waals surface area contributed by atoms with Crippen molar-refractivity contribution in [1.82, 2.24) is 4.90 Å². The van der Waals surface area contributed by atoms with E-state index in [0.29, 0.717) is 23.6 Å². The normalized spacial score (nSPS) is 30.2. The zero-order chi connectivity index (χ0) is 24.6. The molecule has 3 fully saturated rings. The zero-order valence-corrected chi connectivity index (χ0v) is 21.1. The summed E-state index contributed by atoms with van der Waals surface area (Å²) < 4.78 is 4.60. The number of para-hydroxylation sites is 1. The molecule has 0 aromatic heterocycles. The third-order valence-electron chi connectivity index (χ3n) is 7.33. The van der Waals surface area contributed by atoms with E-state index >= 15 is 0 Å². The largest absolute Gasteiger partial charge is 0.466 e. The van der Waals surface area contributed by atoms with E-state index in [1.54, 1.807) is 58.8 Å². The van der Waals surface area contributed by atoms with E-state index in [2.05, 4.69) is 6.58 Å². The Morgan fingerprint density at radius 2 is 2.15 bits per heavy atom. The minimum atomic E-state index is -0.826. The molecule has 2 bridgehead atoms. The van der Waals surface area contributed by atoms with Crippen LogP contribution in [0.25, 0.3) is 0 Å². The molecule has 1 aromatic carbocycles. The van der Waals surface area contributed by atoms with Crippen LogP contribution in [0.1, 0.15) is 33.1 Å². The maximum atomic E-state index is 14.3. The van der Waals surface area contributed by atoms with Gasteiger partial charge in [-0.2, -0.15) is 0 Å². The number of halogens is 1. The lowest BCUT2D eigenvalue weighted by atomic mass is 9.71. The molecule has 2 unspecified atom stereocenters. The number of anilines is 1. The molecule has 4 rings (SSSR count). The van der Waals surface area contributed by atoms with Gasteiger partial charge in [0.25, 0.3) is 5.91 Å². The van der Waals surface area contributed by atoms with Gasteiger partial charge < -0.3 is 19.6 Å². The Morgan fingerprint density at radius 1 is 1.41 bits per heavy atom. The number of rotatable bonds is 9. The average molecular weight is 507 g/mol. The number of hydrogen-bond donors (Lipinski definition) is 1. The first-order valence-corrected chi connectivity index (χ1v) is 13.1. The minimum absolute atomic E-state index is 0.0622. The third-order valence-corrected chi connectivity index (χ3v) is 9.60. The second-order valence-corrected chi connectivity index (χ2v) is 11.0. The Hall–Kier alpha value is -2.03. The van der Waals surface area contributed by atoms with Crippen LogP contribution in [0.2, 0.25) is 5.02 Å². The van der Waals surface area contributed by atoms with Gasteiger partial charge in [0.2, 0.25) is 5.91 Å². The molecule has 2 amide bonds. The van der Waals surface area contributed by atoms with Gasteiger partial charge in [-0.3, -0.25) is 14.4 Å². The standard InChI is InChI=1S/C25H31ClN2O5S/c1-4-13-27(17-10-8-7-9-16(17)26)23(31)21-25-12-11-18(34-25)19(24(32)33-6-3)20(25)22(30)28(21)15(5-2)14-29/h4,7-10,15,18-21,29H,1,5-6,11-14H2,2-3H3/t15-,18-,19+,20-,21?,25?/m0/s1. The van der Waals surface area contributed by atoms with Crippen LogP contribution < -0.4 is 4.90 Å². The Morgan fingerprint density at radius 3 is 2.76 bits per heavy atom. The Labute approximate surface area is 209 Å². The molecule has 0 aliphatic carbocycles. The van der Waals surface area contributed by atoms with Crippen LogP contribution in [0.4, 0.5) is 5.69 Å². The third kappa shape index (κ3) is 3.74. The summed E-state index contributed by atoms with van der Waals surface area (Å²) in [6.07, 6.45) is 3.49. The number of thioether (sulfide) groups is 1. The second-order valence-electron chi connectivity index (χ2n) is 8.99. The highest BCUT2D eigenvalue weighted by Crippen LogP contribution is 2.67. The molecule has 3 aliphatic rings. The molecule has 184 valence electrons. The van der Waals surface area contributed by atoms with Gasteiger partial charge in [-0.1, -0.05) is 36.7 Å². The van der Waals surface area contributed by atoms with Crippen molar-refractivity contribution >= 4 is 46.8 Å². The lowest BCUT2D eigenvalue weighted by molar-refractivity contribution is -0.154. The zero-order valence-electron chi connectivity index (χ0n) is 19.5. The van der Waals surface area contributed by atoms with Crippen molar-refractivity contribution in [3.05, 3.63) is 41.9 Å². The van der Waals surface area contributed by atoms with Crippen LogP contribution in [-0.4, -0.2) is 69.6 Å². The van der Waals surface area contributed by atoms with Crippen molar-refractivity contribution < 1.29 is 24.2 Å². The summed E-state index contributed by atoms with van der Waals surface area (Å²) >= 11 is 8.04. The Bertz CT molecular complexity index is 986. The highest BCUT2D eigenvalue weighted by Gasteiger charge is 2.74. The van der Waals surface area contributed by atoms with Crippen LogP contribution >= 0.6 is 23.4 Å². The number of fused-ring (bicyclic) bond motifs is 1. The van der Waals surface area contributed by atoms with Gasteiger partial charge in [0.15, 0.2) is 0 Å². The maximum absolute atomic E-state index is 14.3. The van der Waals surface area contributed by atoms with E-state index < -0.39 is 28.7 Å². The number of aliphatic hydroxyl groups excluding tert-OH is 1. The molecular weight excluding hydrogens is 476 g/mol. The lowest BCUT2D eigenvalue weighted by Gasteiger charge is -2.39. The fourth-order valence-corrected chi connectivity index (χ4v) is 8.36. The summed E-state index contributed by atoms with van der Waals surface area (Å²) in [6, 6.07) is 5.73. The topological polar surface area (TPSA) is 87.2 Å². The van der Waals surface area contributed by atoms with Gasteiger partial charge in [0.05, 0.1) is 46.5 Å². The van der Waals surface area contributed by atoms with Crippen molar-refractivity contribution in [3.63, 3.8) is 0 Å². The number of amides is 2. The predicted molar refractivity (Wildman–Crippen MR) is 133 cm³/mol. The fourth-order valence-electron chi connectivity index (χ4n) is 5.94. The lowest BCUT2D eigenvalue weighted by Crippen LogP contribution is -2.57. The van der Waals surface area contributed by atoms with Crippen LogP contribution in [0.15, 0.2) is 36.9 Å². The summed E-state index contributed by atoms with van der Waals surface area (Å²) in [5.41, 5.74) is 0.540. The van der Waals surface area contributed by atoms with E-state index in [9.17, 15) is 19.5 Å². The van der Waals surface area contributed by atoms with Crippen molar-refractivity contribution in [2.45, 2.75) is 55.2 Å². The van der Waals surface area contributed by atoms with E-state index in [1.807, 2.05) is 6.92 Å². The quantitative estimate of drug-likeness (QED) is 0.408. The van der Waals surface area contributed by atoms with Gasteiger partial charge in [-0.15, -0.1) is 18.3 Å². The highest BCUT2D eigenvalue weighted by molar-refractivity contribution is 8.02. The van der Waals surface area contributed by atoms with Crippen molar-refractivity contribution in [3.8, 4) is 0 Å². The van der Waals surface area contributed by atoms with Crippen LogP contribution in [0.5, 0.6) is 0 Å². The SMILES string of the molecule is C=CCN(C(=O)C1N([C@@H](CC)CO)C(=O)[C@@H]2[C@H](C(=O)OCC)[C@@H]3CCC12S3)c1ccccc1Cl. The number of nitrogens with zero attached hydrogens (tertiary/aromatic N) is 2. The Kier molecular flexibility index (Phi) is 7.31. The smallest absolute Gasteiger partial charge is 0.310 e. The van der Waals surface area contributed by atoms with Crippen molar-refractivity contribution in [2.75, 3.05) is 24.7 Å². The first-order chi connectivity index (χ1) is 16.4. The molecule has 6 atom stereocenters. The number of carbonyl (C=O) groups is 3. The van der Waals surface area contributed by atoms with Gasteiger partial charge in [0, 0.05) is 11.8 Å². The predicted octanol–water partition coefficient (Wildman–Crippen LogP) is 3.28. The van der Waals surface area contributed by atoms with E-state index in [1.165, 1.54) is 0 Å². The van der Waals surface area contributed by atoms with Crippen LogP contribution in [0, 0.1) is 11.8 Å². The van der Waals surface area contributed by atoms with Gasteiger partial charge in [0.1, 0.15) is 6.04 Å². The average Bonchev–Trinajstić information content (AvgIpc) is 3.47. The second kappa shape index (κ2) is 9.91. The molecule has 3 heterocycles. The molecular formula is C25H31ClN2O5S. The van der Waals surface area contributed by atoms with Crippen LogP contribution in [-0.2, 0) is 19.1 Å². The molecule has 7 nitrogen and oxygen atoms in total. The minimum Gasteiger partial charge on any atom is -0.466 e. The molecule has 1 N–H and O–H groups in total. The summed E-state index contributed by atoms with van der Waals surface area (Å²) in [4.78, 5) is 44.3. The molecule has 34 heavy (non-hydrogen) atoms. The molecule has 1 spiro atoms. The van der Waals surface area contributed by atoms with Crippen LogP contribution in [0.3, 0.4) is 0 Å². The van der Waals surface area contributed by atoms with E-state index in [4.69, 9.17) is 16.3 Å². The number of benzene rings is 1. The Balaban J connectivity index is 1.82. The summed E-state index contributed by atoms with van der Waals surface area (Å²) in [6.45, 7) is 7.63. The van der Waals surface area contributed by atoms with Crippen molar-refractivity contribution in [2.24, 2.45) is 11.8 Å². The van der Waals surface area contributed by atoms with Gasteiger partial charge >= 0.3 is 5.97 Å². The molecule has 0 radical (unpaired) electrons. The number of esters is 1. The summed E-state index contributed by atoms with van der Waals surface area (Å²) in [7, 11) is 0. The van der Waals surface area contributed by atoms with Crippen molar-refractivity contribution in [1.29, 1.82) is 0 Å². The molecule has 9 heteroatoms. The van der Waals surface area contributed by atoms with E-state index in [-0.39, 0.29) is 42.8 Å². The number of carbonyl (C=O) groups excluding carboxylic acids is 3. The number of hydrogen-bond acceptors (Lipinski definition) is 6. The molecule has 3 aliphatic heterocycles. The first kappa shape index (κ1) is 25.1. The van der Waals surface area contributed by atoms with Gasteiger partial charge in [-0.05, 0) is 38.3 Å². The summed E-state index contributed by atoms with van der Waals surface area (Å²) in [5, 5.41) is 10.5. The maximum Gasteiger partial charge on any atom is 0.310 e. The highest BCUT2D eigenvalue weighted by atomic mass is 35.5. The molecule has 1 aromatic rings. The fraction of sp³-hybridized carbons (Fsp3) is 0.560. The molecule has 0 saturated carbocycles. The van der Waals surface area contributed by atoms with E-state index in [0.717, 1.165) is 6.42 Å².